The summed E-state index contributed by atoms with van der Waals surface area (Å²) in [5.41, 5.74) is 2.36. The van der Waals surface area contributed by atoms with E-state index in [0.29, 0.717) is 30.2 Å². The van der Waals surface area contributed by atoms with E-state index in [4.69, 9.17) is 0 Å². The molecule has 1 fully saturated rings. The number of hydrogen-bond donors (Lipinski definition) is 1. The van der Waals surface area contributed by atoms with Crippen molar-refractivity contribution in [1.82, 2.24) is 24.6 Å². The van der Waals surface area contributed by atoms with Gasteiger partial charge in [0.1, 0.15) is 17.2 Å². The van der Waals surface area contributed by atoms with Crippen LogP contribution < -0.4 is 5.32 Å². The summed E-state index contributed by atoms with van der Waals surface area (Å²) in [7, 11) is 0. The number of hydrogen-bond acceptors (Lipinski definition) is 6. The number of nitrogens with one attached hydrogen (secondary N) is 1. The molecule has 1 aromatic carbocycles. The van der Waals surface area contributed by atoms with Gasteiger partial charge in [0, 0.05) is 30.7 Å². The highest BCUT2D eigenvalue weighted by atomic mass is 32.1. The van der Waals surface area contributed by atoms with Crippen LogP contribution in [0.4, 0.5) is 4.39 Å². The summed E-state index contributed by atoms with van der Waals surface area (Å²) in [5, 5.41) is 5.76. The van der Waals surface area contributed by atoms with Crippen LogP contribution in [0.2, 0.25) is 0 Å². The lowest BCUT2D eigenvalue weighted by Gasteiger charge is -2.33. The third-order valence-corrected chi connectivity index (χ3v) is 7.51. The largest absolute Gasteiger partial charge is 0.346 e. The molecule has 33 heavy (non-hydrogen) atoms. The van der Waals surface area contributed by atoms with Crippen LogP contribution in [0.1, 0.15) is 44.5 Å². The smallest absolute Gasteiger partial charge is 0.274 e. The number of nitrogens with zero attached hydrogens (tertiary/aromatic N) is 4. The van der Waals surface area contributed by atoms with Crippen LogP contribution in [0.25, 0.3) is 15.4 Å². The monoisotopic (exact) mass is 483 g/mol. The highest BCUT2D eigenvalue weighted by molar-refractivity contribution is 7.15. The number of carbonyl (C=O) groups is 2. The third kappa shape index (κ3) is 4.16. The number of amides is 2. The Morgan fingerprint density at radius 1 is 1.18 bits per heavy atom. The van der Waals surface area contributed by atoms with Gasteiger partial charge in [0.2, 0.25) is 0 Å². The van der Waals surface area contributed by atoms with Gasteiger partial charge in [0.15, 0.2) is 4.96 Å². The number of benzene rings is 1. The lowest BCUT2D eigenvalue weighted by Crippen LogP contribution is -2.50. The molecule has 0 saturated carbocycles. The number of rotatable bonds is 4. The van der Waals surface area contributed by atoms with Crippen molar-refractivity contribution in [1.29, 1.82) is 0 Å². The summed E-state index contributed by atoms with van der Waals surface area (Å²) in [6.07, 6.45) is 3.42. The Kier molecular flexibility index (Phi) is 5.71. The molecule has 1 N–H and O–H groups in total. The van der Waals surface area contributed by atoms with E-state index < -0.39 is 0 Å². The lowest BCUT2D eigenvalue weighted by molar-refractivity contribution is 0.0671. The number of aryl methyl sites for hydroxylation is 2. The van der Waals surface area contributed by atoms with Gasteiger partial charge in [-0.25, -0.2) is 14.4 Å². The van der Waals surface area contributed by atoms with Crippen molar-refractivity contribution in [3.63, 3.8) is 0 Å². The zero-order valence-corrected chi connectivity index (χ0v) is 19.8. The number of piperidine rings is 1. The molecule has 1 aliphatic heterocycles. The summed E-state index contributed by atoms with van der Waals surface area (Å²) in [6.45, 7) is 4.69. The van der Waals surface area contributed by atoms with Crippen molar-refractivity contribution in [2.24, 2.45) is 0 Å². The molecule has 10 heteroatoms. The standard InChI is InChI=1S/C23H22FN5O2S2/c1-13-19(29-10-11-32-23(29)25-13)21(30)27-17-4-3-9-28(12-17)22(31)18-20(33-14(2)26-18)15-5-7-16(24)8-6-15/h5-8,10-11,17H,3-4,9,12H2,1-2H3,(H,27,30)/t17-/m1/s1. The van der Waals surface area contributed by atoms with Crippen molar-refractivity contribution in [2.45, 2.75) is 32.7 Å². The predicted molar refractivity (Wildman–Crippen MR) is 126 cm³/mol. The molecule has 0 aliphatic carbocycles. The zero-order chi connectivity index (χ0) is 23.1. The van der Waals surface area contributed by atoms with Crippen LogP contribution in [-0.2, 0) is 0 Å². The average molecular weight is 484 g/mol. The predicted octanol–water partition coefficient (Wildman–Crippen LogP) is 4.31. The lowest BCUT2D eigenvalue weighted by atomic mass is 10.0. The number of fused-ring (bicyclic) bond motifs is 1. The normalized spacial score (nSPS) is 16.3. The first-order chi connectivity index (χ1) is 15.9. The molecule has 1 aliphatic rings. The Hall–Kier alpha value is -3.11. The van der Waals surface area contributed by atoms with E-state index in [-0.39, 0.29) is 23.7 Å². The average Bonchev–Trinajstić information content (AvgIpc) is 3.48. The molecular weight excluding hydrogens is 461 g/mol. The molecule has 0 spiro atoms. The molecule has 2 amide bonds. The Labute approximate surface area is 197 Å². The summed E-state index contributed by atoms with van der Waals surface area (Å²) in [5.74, 6) is -0.678. The first-order valence-electron chi connectivity index (χ1n) is 10.7. The highest BCUT2D eigenvalue weighted by Gasteiger charge is 2.30. The molecule has 0 unspecified atom stereocenters. The summed E-state index contributed by atoms with van der Waals surface area (Å²) in [6, 6.07) is 5.93. The summed E-state index contributed by atoms with van der Waals surface area (Å²) in [4.78, 5) is 38.6. The molecule has 7 nitrogen and oxygen atoms in total. The second-order valence-electron chi connectivity index (χ2n) is 8.08. The maximum Gasteiger partial charge on any atom is 0.274 e. The first kappa shape index (κ1) is 21.7. The first-order valence-corrected chi connectivity index (χ1v) is 12.4. The van der Waals surface area contributed by atoms with Crippen molar-refractivity contribution in [3.05, 3.63) is 63.7 Å². The molecule has 5 rings (SSSR count). The molecule has 170 valence electrons. The zero-order valence-electron chi connectivity index (χ0n) is 18.2. The van der Waals surface area contributed by atoms with Crippen LogP contribution in [0.5, 0.6) is 0 Å². The van der Waals surface area contributed by atoms with Gasteiger partial charge in [0.25, 0.3) is 11.8 Å². The molecule has 3 aromatic heterocycles. The van der Waals surface area contributed by atoms with Crippen LogP contribution >= 0.6 is 22.7 Å². The summed E-state index contributed by atoms with van der Waals surface area (Å²) >= 11 is 2.90. The highest BCUT2D eigenvalue weighted by Crippen LogP contribution is 2.31. The SMILES string of the molecule is Cc1nc(C(=O)N2CCC[C@@H](NC(=O)c3c(C)nc4sccn34)C2)c(-c2ccc(F)cc2)s1. The van der Waals surface area contributed by atoms with Gasteiger partial charge in [-0.05, 0) is 44.4 Å². The third-order valence-electron chi connectivity index (χ3n) is 5.74. The molecule has 0 radical (unpaired) electrons. The Bertz CT molecular complexity index is 1340. The maximum atomic E-state index is 13.4. The minimum atomic E-state index is -0.323. The Balaban J connectivity index is 1.34. The van der Waals surface area contributed by atoms with Crippen molar-refractivity contribution >= 4 is 39.4 Å². The minimum Gasteiger partial charge on any atom is -0.346 e. The van der Waals surface area contributed by atoms with E-state index in [2.05, 4.69) is 15.3 Å². The fourth-order valence-corrected chi connectivity index (χ4v) is 5.89. The molecule has 4 heterocycles. The molecule has 0 bridgehead atoms. The maximum absolute atomic E-state index is 13.4. The van der Waals surface area contributed by atoms with Gasteiger partial charge >= 0.3 is 0 Å². The van der Waals surface area contributed by atoms with E-state index in [0.717, 1.165) is 33.3 Å². The van der Waals surface area contributed by atoms with E-state index in [9.17, 15) is 14.0 Å². The minimum absolute atomic E-state index is 0.159. The number of likely N-dealkylation sites (tertiary alicyclic amines) is 1. The van der Waals surface area contributed by atoms with E-state index in [1.807, 2.05) is 25.4 Å². The molecular formula is C23H22FN5O2S2. The Morgan fingerprint density at radius 3 is 2.76 bits per heavy atom. The summed E-state index contributed by atoms with van der Waals surface area (Å²) < 4.78 is 15.2. The number of halogens is 1. The van der Waals surface area contributed by atoms with E-state index in [1.54, 1.807) is 21.4 Å². The van der Waals surface area contributed by atoms with Crippen molar-refractivity contribution < 1.29 is 14.0 Å². The van der Waals surface area contributed by atoms with Gasteiger partial charge in [0.05, 0.1) is 15.6 Å². The molecule has 1 atom stereocenters. The Morgan fingerprint density at radius 2 is 1.97 bits per heavy atom. The fourth-order valence-electron chi connectivity index (χ4n) is 4.22. The van der Waals surface area contributed by atoms with Gasteiger partial charge in [-0.1, -0.05) is 12.1 Å². The fraction of sp³-hybridized carbons (Fsp3) is 0.304. The number of aromatic nitrogens is 3. The van der Waals surface area contributed by atoms with Gasteiger partial charge < -0.3 is 10.2 Å². The number of imidazole rings is 1. The quantitative estimate of drug-likeness (QED) is 0.469. The van der Waals surface area contributed by atoms with Crippen LogP contribution in [-0.4, -0.2) is 50.2 Å². The topological polar surface area (TPSA) is 79.6 Å². The number of carbonyl (C=O) groups excluding carboxylic acids is 2. The second-order valence-corrected chi connectivity index (χ2v) is 10.2. The van der Waals surface area contributed by atoms with Crippen LogP contribution in [0.15, 0.2) is 35.8 Å². The van der Waals surface area contributed by atoms with Gasteiger partial charge in [-0.15, -0.1) is 22.7 Å². The van der Waals surface area contributed by atoms with E-state index >= 15 is 0 Å². The molecule has 1 saturated heterocycles. The van der Waals surface area contributed by atoms with Crippen LogP contribution in [0, 0.1) is 19.7 Å². The van der Waals surface area contributed by atoms with Crippen molar-refractivity contribution in [3.8, 4) is 10.4 Å². The van der Waals surface area contributed by atoms with E-state index in [1.165, 1.54) is 34.8 Å². The van der Waals surface area contributed by atoms with Crippen molar-refractivity contribution in [2.75, 3.05) is 13.1 Å². The van der Waals surface area contributed by atoms with Crippen LogP contribution in [0.3, 0.4) is 0 Å². The van der Waals surface area contributed by atoms with Gasteiger partial charge in [-0.2, -0.15) is 0 Å². The number of thiazole rings is 2. The second kappa shape index (κ2) is 8.68. The molecule has 4 aromatic rings. The van der Waals surface area contributed by atoms with Gasteiger partial charge in [-0.3, -0.25) is 14.0 Å².